The highest BCUT2D eigenvalue weighted by Crippen LogP contribution is 2.14. The van der Waals surface area contributed by atoms with E-state index in [4.69, 9.17) is 0 Å². The standard InChI is InChI=1S/C18H21N5O2/c1-3-11-23-17(24)9-8-15(21-23)18(25)19-10-12-22-13(2)20-14-6-4-5-7-16(14)22/h4-9H,3,10-12H2,1-2H3,(H,19,25). The average molecular weight is 339 g/mol. The summed E-state index contributed by atoms with van der Waals surface area (Å²) in [6.45, 7) is 5.48. The minimum Gasteiger partial charge on any atom is -0.349 e. The van der Waals surface area contributed by atoms with Gasteiger partial charge in [-0.05, 0) is 31.5 Å². The van der Waals surface area contributed by atoms with E-state index in [-0.39, 0.29) is 17.2 Å². The molecule has 1 aromatic carbocycles. The van der Waals surface area contributed by atoms with Crippen molar-refractivity contribution < 1.29 is 4.79 Å². The molecule has 7 nitrogen and oxygen atoms in total. The van der Waals surface area contributed by atoms with Gasteiger partial charge in [-0.25, -0.2) is 9.67 Å². The lowest BCUT2D eigenvalue weighted by molar-refractivity contribution is 0.0944. The molecule has 0 saturated carbocycles. The molecule has 0 saturated heterocycles. The first-order valence-electron chi connectivity index (χ1n) is 8.38. The van der Waals surface area contributed by atoms with Crippen LogP contribution in [0.5, 0.6) is 0 Å². The van der Waals surface area contributed by atoms with Gasteiger partial charge in [0.25, 0.3) is 11.5 Å². The van der Waals surface area contributed by atoms with Crippen LogP contribution in [0.15, 0.2) is 41.2 Å². The van der Waals surface area contributed by atoms with Crippen molar-refractivity contribution in [1.82, 2.24) is 24.6 Å². The highest BCUT2D eigenvalue weighted by molar-refractivity contribution is 5.91. The lowest BCUT2D eigenvalue weighted by Crippen LogP contribution is -2.31. The van der Waals surface area contributed by atoms with Gasteiger partial charge < -0.3 is 9.88 Å². The van der Waals surface area contributed by atoms with Crippen LogP contribution in [-0.2, 0) is 13.1 Å². The molecule has 0 spiro atoms. The van der Waals surface area contributed by atoms with Crippen molar-refractivity contribution in [2.75, 3.05) is 6.54 Å². The Kier molecular flexibility index (Phi) is 4.92. The van der Waals surface area contributed by atoms with Crippen molar-refractivity contribution in [3.8, 4) is 0 Å². The van der Waals surface area contributed by atoms with E-state index in [1.165, 1.54) is 16.8 Å². The summed E-state index contributed by atoms with van der Waals surface area (Å²) < 4.78 is 3.39. The zero-order valence-electron chi connectivity index (χ0n) is 14.4. The van der Waals surface area contributed by atoms with Gasteiger partial charge in [0.15, 0.2) is 0 Å². The lowest BCUT2D eigenvalue weighted by atomic mass is 10.3. The first-order valence-corrected chi connectivity index (χ1v) is 8.38. The van der Waals surface area contributed by atoms with E-state index < -0.39 is 0 Å². The number of nitrogens with one attached hydrogen (secondary N) is 1. The van der Waals surface area contributed by atoms with Crippen LogP contribution >= 0.6 is 0 Å². The molecule has 0 atom stereocenters. The van der Waals surface area contributed by atoms with Gasteiger partial charge >= 0.3 is 0 Å². The normalized spacial score (nSPS) is 11.0. The third-order valence-electron chi connectivity index (χ3n) is 4.00. The average Bonchev–Trinajstić information content (AvgIpc) is 2.92. The molecule has 7 heteroatoms. The van der Waals surface area contributed by atoms with Gasteiger partial charge in [0.2, 0.25) is 0 Å². The van der Waals surface area contributed by atoms with Crippen LogP contribution < -0.4 is 10.9 Å². The second-order valence-corrected chi connectivity index (χ2v) is 5.84. The van der Waals surface area contributed by atoms with E-state index in [0.717, 1.165) is 23.3 Å². The maximum Gasteiger partial charge on any atom is 0.271 e. The number of fused-ring (bicyclic) bond motifs is 1. The number of hydrogen-bond acceptors (Lipinski definition) is 4. The number of carbonyl (C=O) groups excluding carboxylic acids is 1. The largest absolute Gasteiger partial charge is 0.349 e. The second kappa shape index (κ2) is 7.29. The number of aromatic nitrogens is 4. The van der Waals surface area contributed by atoms with Crippen molar-refractivity contribution in [1.29, 1.82) is 0 Å². The molecule has 0 bridgehead atoms. The summed E-state index contributed by atoms with van der Waals surface area (Å²) >= 11 is 0. The molecule has 0 fully saturated rings. The van der Waals surface area contributed by atoms with Gasteiger partial charge in [-0.15, -0.1) is 0 Å². The monoisotopic (exact) mass is 339 g/mol. The fourth-order valence-electron chi connectivity index (χ4n) is 2.79. The van der Waals surface area contributed by atoms with Gasteiger partial charge in [0.05, 0.1) is 11.0 Å². The molecule has 1 amide bonds. The zero-order valence-corrected chi connectivity index (χ0v) is 14.4. The molecule has 130 valence electrons. The number of imidazole rings is 1. The summed E-state index contributed by atoms with van der Waals surface area (Å²) in [4.78, 5) is 28.5. The Morgan fingerprint density at radius 3 is 2.76 bits per heavy atom. The number of amides is 1. The van der Waals surface area contributed by atoms with Crippen LogP contribution in [0, 0.1) is 6.92 Å². The fraction of sp³-hybridized carbons (Fsp3) is 0.333. The number of hydrogen-bond donors (Lipinski definition) is 1. The summed E-state index contributed by atoms with van der Waals surface area (Å²) in [5, 5.41) is 6.97. The Labute approximate surface area is 145 Å². The van der Waals surface area contributed by atoms with Crippen molar-refractivity contribution in [2.24, 2.45) is 0 Å². The van der Waals surface area contributed by atoms with E-state index in [0.29, 0.717) is 19.6 Å². The Balaban J connectivity index is 1.67. The van der Waals surface area contributed by atoms with Crippen molar-refractivity contribution in [3.63, 3.8) is 0 Å². The highest BCUT2D eigenvalue weighted by atomic mass is 16.2. The van der Waals surface area contributed by atoms with Crippen LogP contribution in [0.4, 0.5) is 0 Å². The first kappa shape index (κ1) is 16.9. The van der Waals surface area contributed by atoms with Crippen LogP contribution in [0.2, 0.25) is 0 Å². The van der Waals surface area contributed by atoms with Gasteiger partial charge in [-0.1, -0.05) is 19.1 Å². The van der Waals surface area contributed by atoms with E-state index in [1.54, 1.807) is 0 Å². The van der Waals surface area contributed by atoms with Crippen LogP contribution in [-0.4, -0.2) is 31.8 Å². The molecule has 0 aliphatic heterocycles. The summed E-state index contributed by atoms with van der Waals surface area (Å²) in [5.41, 5.74) is 2.04. The Hall–Kier alpha value is -2.96. The second-order valence-electron chi connectivity index (χ2n) is 5.84. The van der Waals surface area contributed by atoms with E-state index >= 15 is 0 Å². The van der Waals surface area contributed by atoms with Crippen molar-refractivity contribution in [3.05, 3.63) is 58.3 Å². The van der Waals surface area contributed by atoms with Crippen molar-refractivity contribution in [2.45, 2.75) is 33.4 Å². The summed E-state index contributed by atoms with van der Waals surface area (Å²) in [6.07, 6.45) is 0.783. The smallest absolute Gasteiger partial charge is 0.271 e. The van der Waals surface area contributed by atoms with Gasteiger partial charge in [0.1, 0.15) is 11.5 Å². The lowest BCUT2D eigenvalue weighted by Gasteiger charge is -2.09. The molecule has 3 aromatic rings. The summed E-state index contributed by atoms with van der Waals surface area (Å²) in [6, 6.07) is 10.8. The minimum atomic E-state index is -0.285. The number of aryl methyl sites for hydroxylation is 2. The van der Waals surface area contributed by atoms with E-state index in [9.17, 15) is 9.59 Å². The Morgan fingerprint density at radius 1 is 1.16 bits per heavy atom. The predicted molar refractivity (Wildman–Crippen MR) is 95.6 cm³/mol. The number of benzene rings is 1. The maximum atomic E-state index is 12.3. The summed E-state index contributed by atoms with van der Waals surface area (Å²) in [7, 11) is 0. The quantitative estimate of drug-likeness (QED) is 0.742. The number of nitrogens with zero attached hydrogens (tertiary/aromatic N) is 4. The molecule has 2 aromatic heterocycles. The van der Waals surface area contributed by atoms with Gasteiger partial charge in [-0.3, -0.25) is 9.59 Å². The molecule has 2 heterocycles. The third kappa shape index (κ3) is 3.60. The number of carbonyl (C=O) groups is 1. The molecule has 3 rings (SSSR count). The molecular formula is C18H21N5O2. The molecule has 0 aliphatic rings. The predicted octanol–water partition coefficient (Wildman–Crippen LogP) is 1.74. The number of para-hydroxylation sites is 2. The van der Waals surface area contributed by atoms with Crippen LogP contribution in [0.25, 0.3) is 11.0 Å². The van der Waals surface area contributed by atoms with Crippen LogP contribution in [0.1, 0.15) is 29.7 Å². The summed E-state index contributed by atoms with van der Waals surface area (Å²) in [5.74, 6) is 0.622. The fourth-order valence-corrected chi connectivity index (χ4v) is 2.79. The Bertz CT molecular complexity index is 957. The van der Waals surface area contributed by atoms with Gasteiger partial charge in [0, 0.05) is 25.7 Å². The topological polar surface area (TPSA) is 81.8 Å². The molecule has 25 heavy (non-hydrogen) atoms. The molecule has 0 radical (unpaired) electrons. The highest BCUT2D eigenvalue weighted by Gasteiger charge is 2.10. The van der Waals surface area contributed by atoms with Crippen LogP contribution in [0.3, 0.4) is 0 Å². The Morgan fingerprint density at radius 2 is 1.96 bits per heavy atom. The van der Waals surface area contributed by atoms with E-state index in [1.807, 2.05) is 38.1 Å². The maximum absolute atomic E-state index is 12.3. The number of rotatable bonds is 6. The minimum absolute atomic E-state index is 0.195. The molecule has 1 N–H and O–H groups in total. The molecule has 0 unspecified atom stereocenters. The van der Waals surface area contributed by atoms with Gasteiger partial charge in [-0.2, -0.15) is 5.10 Å². The molecular weight excluding hydrogens is 318 g/mol. The molecule has 0 aliphatic carbocycles. The zero-order chi connectivity index (χ0) is 17.8. The SMILES string of the molecule is CCCn1nc(C(=O)NCCn2c(C)nc3ccccc32)ccc1=O. The van der Waals surface area contributed by atoms with E-state index in [2.05, 4.69) is 20.0 Å². The third-order valence-corrected chi connectivity index (χ3v) is 4.00. The first-order chi connectivity index (χ1) is 12.1. The van der Waals surface area contributed by atoms with Crippen molar-refractivity contribution >= 4 is 16.9 Å².